The van der Waals surface area contributed by atoms with E-state index in [9.17, 15) is 9.59 Å². The topological polar surface area (TPSA) is 87.8 Å². The van der Waals surface area contributed by atoms with Crippen LogP contribution >= 0.6 is 0 Å². The van der Waals surface area contributed by atoms with E-state index >= 15 is 0 Å². The van der Waals surface area contributed by atoms with Crippen molar-refractivity contribution in [2.75, 3.05) is 13.1 Å². The Morgan fingerprint density at radius 2 is 2.10 bits per heavy atom. The molecule has 0 aliphatic carbocycles. The summed E-state index contributed by atoms with van der Waals surface area (Å²) in [4.78, 5) is 28.7. The number of aromatic nitrogens is 3. The van der Waals surface area contributed by atoms with Gasteiger partial charge in [-0.25, -0.2) is 9.50 Å². The van der Waals surface area contributed by atoms with E-state index < -0.39 is 5.97 Å². The van der Waals surface area contributed by atoms with E-state index in [1.165, 1.54) is 11.1 Å². The molecule has 0 saturated carbocycles. The third-order valence-electron chi connectivity index (χ3n) is 3.00. The SMILES string of the molecule is CCN(CC(=O)O)C(=O)c1cnn2c(C)cc(C)nc12. The zero-order chi connectivity index (χ0) is 14.9. The lowest BCUT2D eigenvalue weighted by Crippen LogP contribution is -2.35. The Kier molecular flexibility index (Phi) is 3.69. The van der Waals surface area contributed by atoms with Gasteiger partial charge in [0.15, 0.2) is 5.65 Å². The predicted octanol–water partition coefficient (Wildman–Crippen LogP) is 0.893. The van der Waals surface area contributed by atoms with Crippen LogP contribution in [0.5, 0.6) is 0 Å². The maximum atomic E-state index is 12.4. The van der Waals surface area contributed by atoms with Crippen LogP contribution in [0.15, 0.2) is 12.3 Å². The van der Waals surface area contributed by atoms with E-state index in [0.29, 0.717) is 17.8 Å². The van der Waals surface area contributed by atoms with Gasteiger partial charge in [-0.1, -0.05) is 0 Å². The third kappa shape index (κ3) is 2.47. The lowest BCUT2D eigenvalue weighted by Gasteiger charge is -2.17. The van der Waals surface area contributed by atoms with E-state index in [1.54, 1.807) is 11.4 Å². The molecule has 0 radical (unpaired) electrons. The normalized spacial score (nSPS) is 10.8. The standard InChI is InChI=1S/C13H16N4O3/c1-4-16(7-11(18)19)13(20)10-6-14-17-9(3)5-8(2)15-12(10)17/h5-6H,4,7H2,1-3H3,(H,18,19). The molecule has 0 spiro atoms. The third-order valence-corrected chi connectivity index (χ3v) is 3.00. The summed E-state index contributed by atoms with van der Waals surface area (Å²) in [5.74, 6) is -1.42. The minimum Gasteiger partial charge on any atom is -0.480 e. The van der Waals surface area contributed by atoms with Gasteiger partial charge in [0, 0.05) is 17.9 Å². The van der Waals surface area contributed by atoms with Crippen LogP contribution < -0.4 is 0 Å². The molecule has 1 N–H and O–H groups in total. The van der Waals surface area contributed by atoms with Gasteiger partial charge in [0.25, 0.3) is 5.91 Å². The van der Waals surface area contributed by atoms with Crippen molar-refractivity contribution in [1.82, 2.24) is 19.5 Å². The van der Waals surface area contributed by atoms with Gasteiger partial charge in [-0.2, -0.15) is 5.10 Å². The van der Waals surface area contributed by atoms with Gasteiger partial charge in [-0.3, -0.25) is 9.59 Å². The van der Waals surface area contributed by atoms with Crippen LogP contribution in [-0.2, 0) is 4.79 Å². The van der Waals surface area contributed by atoms with Gasteiger partial charge in [0.05, 0.1) is 6.20 Å². The van der Waals surface area contributed by atoms with Crippen molar-refractivity contribution in [3.05, 3.63) is 29.2 Å². The van der Waals surface area contributed by atoms with Crippen molar-refractivity contribution >= 4 is 17.5 Å². The molecule has 0 fully saturated rings. The van der Waals surface area contributed by atoms with Crippen LogP contribution in [0.25, 0.3) is 5.65 Å². The Morgan fingerprint density at radius 1 is 1.40 bits per heavy atom. The van der Waals surface area contributed by atoms with Gasteiger partial charge in [0.1, 0.15) is 12.1 Å². The van der Waals surface area contributed by atoms with Gasteiger partial charge in [-0.15, -0.1) is 0 Å². The number of rotatable bonds is 4. The van der Waals surface area contributed by atoms with E-state index in [-0.39, 0.29) is 12.5 Å². The zero-order valence-corrected chi connectivity index (χ0v) is 11.6. The number of amides is 1. The average Bonchev–Trinajstić information content (AvgIpc) is 2.78. The molecular weight excluding hydrogens is 260 g/mol. The number of carbonyl (C=O) groups excluding carboxylic acids is 1. The van der Waals surface area contributed by atoms with E-state index in [0.717, 1.165) is 11.4 Å². The summed E-state index contributed by atoms with van der Waals surface area (Å²) in [5.41, 5.74) is 2.43. The van der Waals surface area contributed by atoms with Crippen molar-refractivity contribution in [2.24, 2.45) is 0 Å². The monoisotopic (exact) mass is 276 g/mol. The summed E-state index contributed by atoms with van der Waals surface area (Å²) in [7, 11) is 0. The molecule has 2 heterocycles. The molecule has 0 bridgehead atoms. The van der Waals surface area contributed by atoms with Crippen molar-refractivity contribution in [2.45, 2.75) is 20.8 Å². The molecule has 0 aliphatic heterocycles. The molecule has 7 nitrogen and oxygen atoms in total. The van der Waals surface area contributed by atoms with Crippen molar-refractivity contribution < 1.29 is 14.7 Å². The van der Waals surface area contributed by atoms with Crippen LogP contribution in [0.1, 0.15) is 28.7 Å². The smallest absolute Gasteiger partial charge is 0.323 e. The molecule has 1 amide bonds. The molecule has 0 atom stereocenters. The Bertz CT molecular complexity index is 678. The number of likely N-dealkylation sites (N-methyl/N-ethyl adjacent to an activating group) is 1. The second kappa shape index (κ2) is 5.28. The Balaban J connectivity index is 2.47. The number of hydrogen-bond donors (Lipinski definition) is 1. The Labute approximate surface area is 115 Å². The number of aliphatic carboxylic acids is 1. The number of hydrogen-bond acceptors (Lipinski definition) is 4. The second-order valence-electron chi connectivity index (χ2n) is 4.55. The largest absolute Gasteiger partial charge is 0.480 e. The molecule has 7 heteroatoms. The fourth-order valence-electron chi connectivity index (χ4n) is 2.08. The molecule has 20 heavy (non-hydrogen) atoms. The van der Waals surface area contributed by atoms with E-state index in [1.807, 2.05) is 19.9 Å². The first kappa shape index (κ1) is 14.0. The summed E-state index contributed by atoms with van der Waals surface area (Å²) < 4.78 is 1.58. The van der Waals surface area contributed by atoms with Crippen molar-refractivity contribution in [1.29, 1.82) is 0 Å². The molecule has 0 saturated heterocycles. The van der Waals surface area contributed by atoms with Crippen LogP contribution in [0.4, 0.5) is 0 Å². The highest BCUT2D eigenvalue weighted by molar-refractivity contribution is 6.00. The molecule has 2 rings (SSSR count). The van der Waals surface area contributed by atoms with Crippen molar-refractivity contribution in [3.63, 3.8) is 0 Å². The fourth-order valence-corrected chi connectivity index (χ4v) is 2.08. The summed E-state index contributed by atoms with van der Waals surface area (Å²) >= 11 is 0. The molecule has 2 aromatic rings. The quantitative estimate of drug-likeness (QED) is 0.896. The Hall–Kier alpha value is -2.44. The van der Waals surface area contributed by atoms with Crippen LogP contribution in [0, 0.1) is 13.8 Å². The summed E-state index contributed by atoms with van der Waals surface area (Å²) in [5, 5.41) is 13.0. The first-order chi connectivity index (χ1) is 9.43. The lowest BCUT2D eigenvalue weighted by atomic mass is 10.2. The highest BCUT2D eigenvalue weighted by Crippen LogP contribution is 2.14. The van der Waals surface area contributed by atoms with E-state index in [4.69, 9.17) is 5.11 Å². The number of fused-ring (bicyclic) bond motifs is 1. The van der Waals surface area contributed by atoms with Gasteiger partial charge < -0.3 is 10.0 Å². The molecule has 2 aromatic heterocycles. The van der Waals surface area contributed by atoms with Crippen LogP contribution in [-0.4, -0.2) is 49.6 Å². The number of carboxylic acid groups (broad SMARTS) is 1. The number of aryl methyl sites for hydroxylation is 2. The molecule has 106 valence electrons. The Morgan fingerprint density at radius 3 is 2.70 bits per heavy atom. The zero-order valence-electron chi connectivity index (χ0n) is 11.6. The highest BCUT2D eigenvalue weighted by atomic mass is 16.4. The van der Waals surface area contributed by atoms with Gasteiger partial charge in [-0.05, 0) is 26.8 Å². The summed E-state index contributed by atoms with van der Waals surface area (Å²) in [6, 6.07) is 1.86. The summed E-state index contributed by atoms with van der Waals surface area (Å²) in [6.07, 6.45) is 1.43. The number of carboxylic acids is 1. The van der Waals surface area contributed by atoms with Crippen molar-refractivity contribution in [3.8, 4) is 0 Å². The lowest BCUT2D eigenvalue weighted by molar-refractivity contribution is -0.137. The molecule has 0 unspecified atom stereocenters. The van der Waals surface area contributed by atoms with Crippen LogP contribution in [0.3, 0.4) is 0 Å². The first-order valence-corrected chi connectivity index (χ1v) is 6.27. The average molecular weight is 276 g/mol. The second-order valence-corrected chi connectivity index (χ2v) is 4.55. The first-order valence-electron chi connectivity index (χ1n) is 6.27. The minimum absolute atomic E-state index is 0.313. The highest BCUT2D eigenvalue weighted by Gasteiger charge is 2.22. The molecule has 0 aliphatic rings. The van der Waals surface area contributed by atoms with E-state index in [2.05, 4.69) is 10.1 Å². The maximum Gasteiger partial charge on any atom is 0.323 e. The number of carbonyl (C=O) groups is 2. The minimum atomic E-state index is -1.04. The fraction of sp³-hybridized carbons (Fsp3) is 0.385. The number of nitrogens with zero attached hydrogens (tertiary/aromatic N) is 4. The van der Waals surface area contributed by atoms with Gasteiger partial charge >= 0.3 is 5.97 Å². The summed E-state index contributed by atoms with van der Waals surface area (Å²) in [6.45, 7) is 5.42. The maximum absolute atomic E-state index is 12.4. The molecular formula is C13H16N4O3. The molecule has 0 aromatic carbocycles. The van der Waals surface area contributed by atoms with Gasteiger partial charge in [0.2, 0.25) is 0 Å². The van der Waals surface area contributed by atoms with Crippen LogP contribution in [0.2, 0.25) is 0 Å². The predicted molar refractivity (Wildman–Crippen MR) is 71.7 cm³/mol.